The molecular weight excluding hydrogens is 399 g/mol. The van der Waals surface area contributed by atoms with E-state index in [2.05, 4.69) is 20.0 Å². The molecule has 0 radical (unpaired) electrons. The third kappa shape index (κ3) is 5.06. The third-order valence-electron chi connectivity index (χ3n) is 5.00. The summed E-state index contributed by atoms with van der Waals surface area (Å²) in [5, 5.41) is 3.19. The predicted octanol–water partition coefficient (Wildman–Crippen LogP) is 3.59. The van der Waals surface area contributed by atoms with Crippen LogP contribution < -0.4 is 5.32 Å². The van der Waals surface area contributed by atoms with Crippen LogP contribution >= 0.6 is 11.6 Å². The molecule has 0 unspecified atom stereocenters. The number of amides is 2. The van der Waals surface area contributed by atoms with Crippen LogP contribution in [0.1, 0.15) is 48.7 Å². The average molecular weight is 423 g/mol. The zero-order valence-corrected chi connectivity index (χ0v) is 17.0. The highest BCUT2D eigenvalue weighted by Crippen LogP contribution is 2.35. The quantitative estimate of drug-likeness (QED) is 0.527. The van der Waals surface area contributed by atoms with Gasteiger partial charge >= 0.3 is 12.0 Å². The first-order valence-corrected chi connectivity index (χ1v) is 9.97. The number of H-pyrrole nitrogens is 1. The van der Waals surface area contributed by atoms with Crippen molar-refractivity contribution >= 4 is 23.6 Å². The molecule has 7 nitrogen and oxygen atoms in total. The number of carbonyl (C=O) groups excluding carboxylic acids is 2. The van der Waals surface area contributed by atoms with Gasteiger partial charge in [-0.2, -0.15) is 0 Å². The number of nitrogens with one attached hydrogen (secondary N) is 2. The van der Waals surface area contributed by atoms with Crippen LogP contribution in [-0.4, -0.2) is 47.1 Å². The lowest BCUT2D eigenvalue weighted by Gasteiger charge is -2.35. The van der Waals surface area contributed by atoms with Crippen LogP contribution in [0.2, 0.25) is 5.02 Å². The van der Waals surface area contributed by atoms with E-state index in [0.717, 1.165) is 18.5 Å². The number of nitrogens with zero attached hydrogens (tertiary/aromatic N) is 2. The van der Waals surface area contributed by atoms with Crippen molar-refractivity contribution in [2.75, 3.05) is 20.2 Å². The van der Waals surface area contributed by atoms with Gasteiger partial charge in [0.05, 0.1) is 19.1 Å². The highest BCUT2D eigenvalue weighted by molar-refractivity contribution is 6.30. The predicted molar refractivity (Wildman–Crippen MR) is 106 cm³/mol. The van der Waals surface area contributed by atoms with Gasteiger partial charge in [0.1, 0.15) is 11.9 Å². The van der Waals surface area contributed by atoms with E-state index in [1.165, 1.54) is 13.2 Å². The first kappa shape index (κ1) is 21.1. The Bertz CT molecular complexity index is 873. The van der Waals surface area contributed by atoms with Crippen molar-refractivity contribution in [1.82, 2.24) is 20.2 Å². The van der Waals surface area contributed by atoms with Crippen molar-refractivity contribution < 1.29 is 18.7 Å². The van der Waals surface area contributed by atoms with Crippen LogP contribution in [-0.2, 0) is 16.0 Å². The van der Waals surface area contributed by atoms with Gasteiger partial charge in [0.25, 0.3) is 0 Å². The fourth-order valence-corrected chi connectivity index (χ4v) is 3.66. The summed E-state index contributed by atoms with van der Waals surface area (Å²) in [5.41, 5.74) is 1.90. The van der Waals surface area contributed by atoms with Gasteiger partial charge in [-0.05, 0) is 25.0 Å². The number of ether oxygens (including phenoxy) is 1. The zero-order chi connectivity index (χ0) is 20.8. The summed E-state index contributed by atoms with van der Waals surface area (Å²) < 4.78 is 19.2. The van der Waals surface area contributed by atoms with Gasteiger partial charge in [0.15, 0.2) is 0 Å². The summed E-state index contributed by atoms with van der Waals surface area (Å²) in [6.07, 6.45) is 4.80. The van der Waals surface area contributed by atoms with Crippen molar-refractivity contribution in [2.24, 2.45) is 0 Å². The van der Waals surface area contributed by atoms with E-state index in [4.69, 9.17) is 11.6 Å². The number of rotatable bonds is 7. The number of hydrogen-bond donors (Lipinski definition) is 2. The lowest BCUT2D eigenvalue weighted by Crippen LogP contribution is -2.46. The lowest BCUT2D eigenvalue weighted by molar-refractivity contribution is -0.140. The SMILES string of the molecule is COC(=O)CCCCCNC(=O)N1CCc2[nH]cnc2[C@@H]1c1ccc(Cl)cc1F. The Morgan fingerprint density at radius 2 is 2.21 bits per heavy atom. The number of fused-ring (bicyclic) bond motifs is 1. The van der Waals surface area contributed by atoms with Crippen LogP contribution in [0.25, 0.3) is 0 Å². The monoisotopic (exact) mass is 422 g/mol. The van der Waals surface area contributed by atoms with Crippen molar-refractivity contribution in [2.45, 2.75) is 38.1 Å². The van der Waals surface area contributed by atoms with Crippen LogP contribution in [0.3, 0.4) is 0 Å². The summed E-state index contributed by atoms with van der Waals surface area (Å²) in [4.78, 5) is 33.0. The van der Waals surface area contributed by atoms with Crippen molar-refractivity contribution in [3.05, 3.63) is 52.3 Å². The molecule has 2 heterocycles. The average Bonchev–Trinajstić information content (AvgIpc) is 3.18. The molecule has 1 atom stereocenters. The van der Waals surface area contributed by atoms with E-state index in [-0.39, 0.29) is 12.0 Å². The Morgan fingerprint density at radius 1 is 1.38 bits per heavy atom. The molecule has 0 aliphatic carbocycles. The smallest absolute Gasteiger partial charge is 0.318 e. The number of carbonyl (C=O) groups is 2. The van der Waals surface area contributed by atoms with Gasteiger partial charge in [0.2, 0.25) is 0 Å². The molecule has 0 saturated carbocycles. The molecule has 156 valence electrons. The Morgan fingerprint density at radius 3 is 2.97 bits per heavy atom. The van der Waals surface area contributed by atoms with E-state index in [1.807, 2.05) is 0 Å². The molecule has 2 amide bonds. The molecule has 1 aromatic heterocycles. The number of esters is 1. The molecule has 2 aromatic rings. The first-order chi connectivity index (χ1) is 14.0. The first-order valence-electron chi connectivity index (χ1n) is 9.59. The second-order valence-corrected chi connectivity index (χ2v) is 7.33. The molecule has 1 aliphatic heterocycles. The molecule has 1 aromatic carbocycles. The van der Waals surface area contributed by atoms with E-state index in [9.17, 15) is 14.0 Å². The van der Waals surface area contributed by atoms with Crippen LogP contribution in [0.4, 0.5) is 9.18 Å². The molecule has 1 aliphatic rings. The van der Waals surface area contributed by atoms with E-state index in [0.29, 0.717) is 48.6 Å². The van der Waals surface area contributed by atoms with Gasteiger partial charge in [-0.3, -0.25) is 4.79 Å². The Labute approximate surface area is 173 Å². The Hall–Kier alpha value is -2.61. The van der Waals surface area contributed by atoms with Gasteiger partial charge in [-0.25, -0.2) is 14.2 Å². The topological polar surface area (TPSA) is 87.3 Å². The van der Waals surface area contributed by atoms with Crippen LogP contribution in [0, 0.1) is 5.82 Å². The minimum absolute atomic E-state index is 0.231. The summed E-state index contributed by atoms with van der Waals surface area (Å²) in [6, 6.07) is 3.56. The number of urea groups is 1. The minimum Gasteiger partial charge on any atom is -0.469 e. The normalized spacial score (nSPS) is 15.7. The van der Waals surface area contributed by atoms with Crippen molar-refractivity contribution in [1.29, 1.82) is 0 Å². The number of methoxy groups -OCH3 is 1. The summed E-state index contributed by atoms with van der Waals surface area (Å²) in [7, 11) is 1.37. The third-order valence-corrected chi connectivity index (χ3v) is 5.24. The minimum atomic E-state index is -0.624. The Kier molecular flexibility index (Phi) is 7.09. The zero-order valence-electron chi connectivity index (χ0n) is 16.2. The number of imidazole rings is 1. The Balaban J connectivity index is 1.65. The molecule has 29 heavy (non-hydrogen) atoms. The summed E-state index contributed by atoms with van der Waals surface area (Å²) in [5.74, 6) is -0.705. The second-order valence-electron chi connectivity index (χ2n) is 6.90. The number of aromatic amines is 1. The molecule has 3 rings (SSSR count). The lowest BCUT2D eigenvalue weighted by atomic mass is 9.95. The fourth-order valence-electron chi connectivity index (χ4n) is 3.50. The van der Waals surface area contributed by atoms with Gasteiger partial charge in [-0.1, -0.05) is 24.1 Å². The molecule has 9 heteroatoms. The maximum Gasteiger partial charge on any atom is 0.318 e. The highest BCUT2D eigenvalue weighted by Gasteiger charge is 2.35. The van der Waals surface area contributed by atoms with Gasteiger partial charge < -0.3 is 19.9 Å². The summed E-state index contributed by atoms with van der Waals surface area (Å²) >= 11 is 5.89. The van der Waals surface area contributed by atoms with Gasteiger partial charge in [-0.15, -0.1) is 0 Å². The van der Waals surface area contributed by atoms with Crippen molar-refractivity contribution in [3.63, 3.8) is 0 Å². The molecule has 0 spiro atoms. The number of unbranched alkanes of at least 4 members (excludes halogenated alkanes) is 2. The number of benzene rings is 1. The molecular formula is C20H24ClFN4O3. The largest absolute Gasteiger partial charge is 0.469 e. The van der Waals surface area contributed by atoms with E-state index >= 15 is 0 Å². The number of hydrogen-bond acceptors (Lipinski definition) is 4. The van der Waals surface area contributed by atoms with Crippen LogP contribution in [0.5, 0.6) is 0 Å². The summed E-state index contributed by atoms with van der Waals surface area (Å²) in [6.45, 7) is 0.913. The molecule has 0 fully saturated rings. The van der Waals surface area contributed by atoms with Gasteiger partial charge in [0, 0.05) is 42.2 Å². The standard InChI is InChI=1S/C20H24ClFN4O3/c1-29-17(27)5-3-2-4-9-23-20(28)26-10-8-16-18(25-12-24-16)19(26)14-7-6-13(21)11-15(14)22/h6-7,11-12,19H,2-5,8-10H2,1H3,(H,23,28)(H,24,25)/t19-/m0/s1. The van der Waals surface area contributed by atoms with E-state index < -0.39 is 11.9 Å². The molecule has 0 bridgehead atoms. The second kappa shape index (κ2) is 9.73. The number of halogens is 2. The highest BCUT2D eigenvalue weighted by atomic mass is 35.5. The maximum atomic E-state index is 14.6. The van der Waals surface area contributed by atoms with Crippen molar-refractivity contribution in [3.8, 4) is 0 Å². The fraction of sp³-hybridized carbons (Fsp3) is 0.450. The van der Waals surface area contributed by atoms with E-state index in [1.54, 1.807) is 23.4 Å². The molecule has 0 saturated heterocycles. The number of aromatic nitrogens is 2. The van der Waals surface area contributed by atoms with Crippen LogP contribution in [0.15, 0.2) is 24.5 Å². The molecule has 2 N–H and O–H groups in total. The maximum absolute atomic E-state index is 14.6.